The first-order chi connectivity index (χ1) is 12.5. The van der Waals surface area contributed by atoms with E-state index in [2.05, 4.69) is 67.5 Å². The van der Waals surface area contributed by atoms with E-state index in [1.807, 2.05) is 18.2 Å². The Balaban J connectivity index is 1.99. The topological polar surface area (TPSA) is 26.7 Å². The van der Waals surface area contributed by atoms with E-state index in [0.717, 1.165) is 25.2 Å². The van der Waals surface area contributed by atoms with Crippen LogP contribution in [0.3, 0.4) is 0 Å². The first-order valence-corrected chi connectivity index (χ1v) is 9.45. The van der Waals surface area contributed by atoms with Gasteiger partial charge in [0, 0.05) is 31.7 Å². The van der Waals surface area contributed by atoms with Crippen molar-refractivity contribution in [2.45, 2.75) is 38.9 Å². The largest absolute Gasteiger partial charge is 0.508 e. The molecule has 0 amide bonds. The van der Waals surface area contributed by atoms with E-state index in [-0.39, 0.29) is 6.04 Å². The number of rotatable bonds is 5. The Morgan fingerprint density at radius 1 is 1.08 bits per heavy atom. The van der Waals surface area contributed by atoms with E-state index in [4.69, 9.17) is 0 Å². The van der Waals surface area contributed by atoms with Gasteiger partial charge in [-0.2, -0.15) is 0 Å². The number of hydrogen-bond acceptors (Lipinski definition) is 3. The summed E-state index contributed by atoms with van der Waals surface area (Å²) in [6.45, 7) is 13.6. The van der Waals surface area contributed by atoms with Crippen LogP contribution in [0.5, 0.6) is 5.75 Å². The van der Waals surface area contributed by atoms with Crippen molar-refractivity contribution in [1.82, 2.24) is 9.80 Å². The SMILES string of the molecule is C=CCN1C[C@H](C)N(C(c2cccc(C)c2)c2cccc(O)c2)C[C@H]1C. The van der Waals surface area contributed by atoms with Crippen LogP contribution in [-0.4, -0.2) is 46.6 Å². The van der Waals surface area contributed by atoms with Gasteiger partial charge in [0.05, 0.1) is 6.04 Å². The lowest BCUT2D eigenvalue weighted by atomic mass is 9.92. The fourth-order valence-corrected chi connectivity index (χ4v) is 4.12. The molecule has 2 aromatic rings. The number of nitrogens with zero attached hydrogens (tertiary/aromatic N) is 2. The first-order valence-electron chi connectivity index (χ1n) is 9.45. The fourth-order valence-electron chi connectivity index (χ4n) is 4.12. The Bertz CT molecular complexity index is 712. The van der Waals surface area contributed by atoms with Crippen molar-refractivity contribution < 1.29 is 5.11 Å². The van der Waals surface area contributed by atoms with E-state index >= 15 is 0 Å². The molecule has 3 nitrogen and oxygen atoms in total. The average Bonchev–Trinajstić information content (AvgIpc) is 2.60. The summed E-state index contributed by atoms with van der Waals surface area (Å²) in [5.41, 5.74) is 3.69. The summed E-state index contributed by atoms with van der Waals surface area (Å²) in [4.78, 5) is 5.07. The van der Waals surface area contributed by atoms with Crippen molar-refractivity contribution >= 4 is 0 Å². The highest BCUT2D eigenvalue weighted by Crippen LogP contribution is 2.34. The van der Waals surface area contributed by atoms with Crippen molar-refractivity contribution in [2.24, 2.45) is 0 Å². The molecule has 0 saturated carbocycles. The summed E-state index contributed by atoms with van der Waals surface area (Å²) in [5.74, 6) is 0.325. The van der Waals surface area contributed by atoms with Gasteiger partial charge in [0.25, 0.3) is 0 Å². The molecule has 1 fully saturated rings. The lowest BCUT2D eigenvalue weighted by Crippen LogP contribution is -2.57. The molecule has 0 spiro atoms. The lowest BCUT2D eigenvalue weighted by molar-refractivity contribution is 0.0306. The molecule has 1 heterocycles. The van der Waals surface area contributed by atoms with Crippen LogP contribution in [0.2, 0.25) is 0 Å². The van der Waals surface area contributed by atoms with Gasteiger partial charge in [0.2, 0.25) is 0 Å². The van der Waals surface area contributed by atoms with E-state index < -0.39 is 0 Å². The highest BCUT2D eigenvalue weighted by molar-refractivity contribution is 5.38. The maximum absolute atomic E-state index is 10.1. The summed E-state index contributed by atoms with van der Waals surface area (Å²) in [7, 11) is 0. The maximum Gasteiger partial charge on any atom is 0.115 e. The van der Waals surface area contributed by atoms with E-state index in [0.29, 0.717) is 17.8 Å². The number of aromatic hydroxyl groups is 1. The molecule has 0 radical (unpaired) electrons. The zero-order chi connectivity index (χ0) is 18.7. The minimum absolute atomic E-state index is 0.144. The van der Waals surface area contributed by atoms with Gasteiger partial charge < -0.3 is 5.11 Å². The third kappa shape index (κ3) is 4.00. The van der Waals surface area contributed by atoms with Gasteiger partial charge in [0.15, 0.2) is 0 Å². The Morgan fingerprint density at radius 2 is 1.77 bits per heavy atom. The maximum atomic E-state index is 10.1. The molecule has 3 rings (SSSR count). The van der Waals surface area contributed by atoms with Crippen LogP contribution in [0.4, 0.5) is 0 Å². The van der Waals surface area contributed by atoms with Gasteiger partial charge in [-0.3, -0.25) is 9.80 Å². The number of hydrogen-bond donors (Lipinski definition) is 1. The molecule has 1 N–H and O–H groups in total. The molecule has 1 saturated heterocycles. The molecule has 0 aliphatic carbocycles. The molecule has 0 bridgehead atoms. The Morgan fingerprint density at radius 3 is 2.42 bits per heavy atom. The number of phenolic OH excluding ortho intramolecular Hbond substituents is 1. The fraction of sp³-hybridized carbons (Fsp3) is 0.391. The number of piperazine rings is 1. The van der Waals surface area contributed by atoms with Gasteiger partial charge in [0.1, 0.15) is 5.75 Å². The molecule has 3 heteroatoms. The summed E-state index contributed by atoms with van der Waals surface area (Å²) in [6, 6.07) is 17.5. The summed E-state index contributed by atoms with van der Waals surface area (Å²) in [5, 5.41) is 10.1. The van der Waals surface area contributed by atoms with Crippen molar-refractivity contribution in [2.75, 3.05) is 19.6 Å². The first kappa shape index (κ1) is 18.7. The predicted octanol–water partition coefficient (Wildman–Crippen LogP) is 4.37. The van der Waals surface area contributed by atoms with Crippen LogP contribution < -0.4 is 0 Å². The molecular weight excluding hydrogens is 320 g/mol. The van der Waals surface area contributed by atoms with Gasteiger partial charge in [-0.1, -0.05) is 48.0 Å². The number of benzene rings is 2. The van der Waals surface area contributed by atoms with Crippen LogP contribution in [0, 0.1) is 6.92 Å². The molecule has 26 heavy (non-hydrogen) atoms. The van der Waals surface area contributed by atoms with Gasteiger partial charge in [-0.25, -0.2) is 0 Å². The second-order valence-electron chi connectivity index (χ2n) is 7.55. The summed E-state index contributed by atoms with van der Waals surface area (Å²) >= 11 is 0. The van der Waals surface area contributed by atoms with Crippen molar-refractivity contribution in [3.63, 3.8) is 0 Å². The second kappa shape index (κ2) is 8.07. The number of aryl methyl sites for hydroxylation is 1. The molecule has 138 valence electrons. The van der Waals surface area contributed by atoms with Crippen molar-refractivity contribution in [3.05, 3.63) is 77.9 Å². The third-order valence-electron chi connectivity index (χ3n) is 5.40. The molecule has 3 atom stereocenters. The standard InChI is InChI=1S/C23H30N2O/c1-5-12-24-15-19(4)25(16-18(24)3)23(20-9-6-8-17(2)13-20)21-10-7-11-22(26)14-21/h5-11,13-14,18-19,23,26H,1,12,15-16H2,2-4H3/t18-,19+,23?/m1/s1. The van der Waals surface area contributed by atoms with E-state index in [1.54, 1.807) is 6.07 Å². The van der Waals surface area contributed by atoms with Crippen LogP contribution in [0.25, 0.3) is 0 Å². The monoisotopic (exact) mass is 350 g/mol. The Kier molecular flexibility index (Phi) is 5.80. The van der Waals surface area contributed by atoms with Crippen LogP contribution >= 0.6 is 0 Å². The van der Waals surface area contributed by atoms with Crippen LogP contribution in [0.15, 0.2) is 61.2 Å². The molecule has 1 aliphatic heterocycles. The Hall–Kier alpha value is -2.10. The van der Waals surface area contributed by atoms with Crippen LogP contribution in [-0.2, 0) is 0 Å². The smallest absolute Gasteiger partial charge is 0.115 e. The lowest BCUT2D eigenvalue weighted by Gasteiger charge is -2.47. The molecular formula is C23H30N2O. The molecule has 1 aliphatic rings. The van der Waals surface area contributed by atoms with Crippen molar-refractivity contribution in [1.29, 1.82) is 0 Å². The van der Waals surface area contributed by atoms with E-state index in [1.165, 1.54) is 11.1 Å². The average molecular weight is 351 g/mol. The second-order valence-corrected chi connectivity index (χ2v) is 7.55. The minimum Gasteiger partial charge on any atom is -0.508 e. The predicted molar refractivity (Wildman–Crippen MR) is 109 cm³/mol. The molecule has 1 unspecified atom stereocenters. The highest BCUT2D eigenvalue weighted by Gasteiger charge is 2.34. The van der Waals surface area contributed by atoms with E-state index in [9.17, 15) is 5.11 Å². The third-order valence-corrected chi connectivity index (χ3v) is 5.40. The zero-order valence-corrected chi connectivity index (χ0v) is 16.1. The number of phenols is 1. The van der Waals surface area contributed by atoms with Crippen molar-refractivity contribution in [3.8, 4) is 5.75 Å². The zero-order valence-electron chi connectivity index (χ0n) is 16.1. The normalized spacial score (nSPS) is 22.9. The van der Waals surface area contributed by atoms with Gasteiger partial charge in [-0.15, -0.1) is 6.58 Å². The molecule has 2 aromatic carbocycles. The molecule has 0 aromatic heterocycles. The quantitative estimate of drug-likeness (QED) is 0.811. The Labute approximate surface area is 157 Å². The van der Waals surface area contributed by atoms with Crippen LogP contribution in [0.1, 0.15) is 36.6 Å². The summed E-state index contributed by atoms with van der Waals surface area (Å²) < 4.78 is 0. The van der Waals surface area contributed by atoms with Gasteiger partial charge in [-0.05, 0) is 44.0 Å². The highest BCUT2D eigenvalue weighted by atomic mass is 16.3. The minimum atomic E-state index is 0.144. The van der Waals surface area contributed by atoms with Gasteiger partial charge >= 0.3 is 0 Å². The summed E-state index contributed by atoms with van der Waals surface area (Å²) in [6.07, 6.45) is 1.99.